The van der Waals surface area contributed by atoms with E-state index < -0.39 is 0 Å². The zero-order valence-corrected chi connectivity index (χ0v) is 8.90. The van der Waals surface area contributed by atoms with Gasteiger partial charge in [-0.25, -0.2) is 4.99 Å². The number of nitrogens with zero attached hydrogens (tertiary/aromatic N) is 1. The van der Waals surface area contributed by atoms with Crippen LogP contribution in [-0.2, 0) is 0 Å². The Bertz CT molecular complexity index is 591. The van der Waals surface area contributed by atoms with Crippen molar-refractivity contribution < 1.29 is 0 Å². The number of amidine groups is 1. The third kappa shape index (κ3) is 1.31. The number of benzene rings is 2. The van der Waals surface area contributed by atoms with E-state index in [4.69, 9.17) is 0 Å². The minimum absolute atomic E-state index is 0.769. The summed E-state index contributed by atoms with van der Waals surface area (Å²) in [6, 6.07) is 12.5. The third-order valence-electron chi connectivity index (χ3n) is 2.75. The van der Waals surface area contributed by atoms with Gasteiger partial charge < -0.3 is 5.32 Å². The van der Waals surface area contributed by atoms with Crippen LogP contribution in [0.5, 0.6) is 0 Å². The fourth-order valence-electron chi connectivity index (χ4n) is 2.08. The Morgan fingerprint density at radius 2 is 2.00 bits per heavy atom. The Kier molecular flexibility index (Phi) is 2.00. The Labute approximate surface area is 94.3 Å². The minimum atomic E-state index is 0.769. The quantitative estimate of drug-likeness (QED) is 0.744. The van der Waals surface area contributed by atoms with Crippen molar-refractivity contribution in [2.45, 2.75) is 6.42 Å². The number of hydrogen-bond acceptors (Lipinski definition) is 2. The smallest absolute Gasteiger partial charge is 0.110 e. The van der Waals surface area contributed by atoms with Crippen molar-refractivity contribution in [1.82, 2.24) is 0 Å². The molecule has 0 aliphatic carbocycles. The molecule has 3 rings (SSSR count). The molecule has 0 saturated heterocycles. The van der Waals surface area contributed by atoms with Crippen molar-refractivity contribution in [1.29, 1.82) is 0 Å². The van der Waals surface area contributed by atoms with Crippen LogP contribution >= 0.6 is 0 Å². The maximum Gasteiger partial charge on any atom is 0.110 e. The van der Waals surface area contributed by atoms with Crippen molar-refractivity contribution in [2.24, 2.45) is 4.99 Å². The summed E-state index contributed by atoms with van der Waals surface area (Å²) in [4.78, 5) is 4.59. The predicted octanol–water partition coefficient (Wildman–Crippen LogP) is 3.87. The molecule has 16 heavy (non-hydrogen) atoms. The second kappa shape index (κ2) is 3.49. The monoisotopic (exact) mass is 208 g/mol. The van der Waals surface area contributed by atoms with Crippen LogP contribution in [0, 0.1) is 0 Å². The molecular weight excluding hydrogens is 196 g/mol. The zero-order chi connectivity index (χ0) is 11.0. The predicted molar refractivity (Wildman–Crippen MR) is 69.5 cm³/mol. The van der Waals surface area contributed by atoms with Crippen molar-refractivity contribution in [3.63, 3.8) is 0 Å². The lowest BCUT2D eigenvalue weighted by Gasteiger charge is -2.17. The van der Waals surface area contributed by atoms with Gasteiger partial charge in [0, 0.05) is 17.5 Å². The van der Waals surface area contributed by atoms with Gasteiger partial charge in [0.25, 0.3) is 0 Å². The summed E-state index contributed by atoms with van der Waals surface area (Å²) >= 11 is 0. The van der Waals surface area contributed by atoms with Gasteiger partial charge in [0.2, 0.25) is 0 Å². The average molecular weight is 208 g/mol. The fraction of sp³-hybridized carbons (Fsp3) is 0.0714. The van der Waals surface area contributed by atoms with E-state index in [1.165, 1.54) is 10.8 Å². The van der Waals surface area contributed by atoms with Crippen LogP contribution in [0.3, 0.4) is 0 Å². The first kappa shape index (κ1) is 9.16. The highest BCUT2D eigenvalue weighted by atomic mass is 15.0. The lowest BCUT2D eigenvalue weighted by molar-refractivity contribution is 1.37. The van der Waals surface area contributed by atoms with Crippen LogP contribution in [0.4, 0.5) is 11.4 Å². The first-order chi connectivity index (χ1) is 7.88. The topological polar surface area (TPSA) is 24.4 Å². The van der Waals surface area contributed by atoms with Crippen LogP contribution in [0.2, 0.25) is 0 Å². The van der Waals surface area contributed by atoms with Gasteiger partial charge in [-0.05, 0) is 17.5 Å². The fourth-order valence-corrected chi connectivity index (χ4v) is 2.08. The number of hydrogen-bond donors (Lipinski definition) is 1. The van der Waals surface area contributed by atoms with Crippen molar-refractivity contribution in [2.75, 3.05) is 5.32 Å². The molecule has 2 heteroatoms. The summed E-state index contributed by atoms with van der Waals surface area (Å²) in [5.41, 5.74) is 2.18. The van der Waals surface area contributed by atoms with Gasteiger partial charge in [-0.2, -0.15) is 0 Å². The molecule has 78 valence electrons. The lowest BCUT2D eigenvalue weighted by Crippen LogP contribution is -2.13. The third-order valence-corrected chi connectivity index (χ3v) is 2.75. The molecule has 0 saturated carbocycles. The lowest BCUT2D eigenvalue weighted by atomic mass is 10.1. The molecule has 1 heterocycles. The second-order valence-corrected chi connectivity index (χ2v) is 3.86. The van der Waals surface area contributed by atoms with E-state index in [0.29, 0.717) is 0 Å². The highest BCUT2D eigenvalue weighted by Gasteiger charge is 2.12. The van der Waals surface area contributed by atoms with Crippen LogP contribution in [0.1, 0.15) is 6.42 Å². The molecule has 0 amide bonds. The van der Waals surface area contributed by atoms with Gasteiger partial charge in [0.1, 0.15) is 5.84 Å². The van der Waals surface area contributed by atoms with E-state index in [-0.39, 0.29) is 0 Å². The van der Waals surface area contributed by atoms with Crippen molar-refractivity contribution in [3.05, 3.63) is 49.1 Å². The van der Waals surface area contributed by atoms with Gasteiger partial charge in [-0.15, -0.1) is 6.58 Å². The van der Waals surface area contributed by atoms with Crippen molar-refractivity contribution >= 4 is 28.0 Å². The number of rotatable bonds is 2. The van der Waals surface area contributed by atoms with Crippen LogP contribution in [0.25, 0.3) is 10.8 Å². The van der Waals surface area contributed by atoms with Gasteiger partial charge in [0.15, 0.2) is 0 Å². The van der Waals surface area contributed by atoms with Crippen LogP contribution in [0.15, 0.2) is 54.0 Å². The largest absolute Gasteiger partial charge is 0.343 e. The molecule has 0 fully saturated rings. The molecule has 1 N–H and O–H groups in total. The molecule has 2 aromatic carbocycles. The van der Waals surface area contributed by atoms with Crippen LogP contribution in [-0.4, -0.2) is 5.84 Å². The molecule has 1 aliphatic heterocycles. The maximum absolute atomic E-state index is 4.59. The van der Waals surface area contributed by atoms with E-state index in [9.17, 15) is 0 Å². The highest BCUT2D eigenvalue weighted by Crippen LogP contribution is 2.35. The Hall–Kier alpha value is -2.09. The van der Waals surface area contributed by atoms with Crippen LogP contribution < -0.4 is 5.32 Å². The van der Waals surface area contributed by atoms with Gasteiger partial charge in [-0.3, -0.25) is 0 Å². The molecule has 0 aromatic heterocycles. The molecule has 1 aliphatic rings. The Morgan fingerprint density at radius 3 is 2.81 bits per heavy atom. The first-order valence-electron chi connectivity index (χ1n) is 5.36. The Balaban J connectivity index is 2.27. The normalized spacial score (nSPS) is 13.1. The molecule has 0 radical (unpaired) electrons. The van der Waals surface area contributed by atoms with E-state index in [0.717, 1.165) is 23.6 Å². The van der Waals surface area contributed by atoms with Gasteiger partial charge in [-0.1, -0.05) is 30.3 Å². The summed E-state index contributed by atoms with van der Waals surface area (Å²) < 4.78 is 0. The molecule has 2 nitrogen and oxygen atoms in total. The second-order valence-electron chi connectivity index (χ2n) is 3.86. The highest BCUT2D eigenvalue weighted by molar-refractivity contribution is 6.13. The van der Waals surface area contributed by atoms with E-state index in [1.54, 1.807) is 0 Å². The molecule has 0 atom stereocenters. The summed E-state index contributed by atoms with van der Waals surface area (Å²) in [5.74, 6) is 0.959. The summed E-state index contributed by atoms with van der Waals surface area (Å²) in [5, 5.41) is 5.77. The summed E-state index contributed by atoms with van der Waals surface area (Å²) in [6.45, 7) is 3.74. The maximum atomic E-state index is 4.59. The van der Waals surface area contributed by atoms with E-state index >= 15 is 0 Å². The van der Waals surface area contributed by atoms with Gasteiger partial charge >= 0.3 is 0 Å². The van der Waals surface area contributed by atoms with E-state index in [1.807, 2.05) is 12.1 Å². The summed E-state index contributed by atoms with van der Waals surface area (Å²) in [7, 11) is 0. The van der Waals surface area contributed by atoms with Gasteiger partial charge in [0.05, 0.1) is 5.69 Å². The summed E-state index contributed by atoms with van der Waals surface area (Å²) in [6.07, 6.45) is 2.63. The number of anilines is 1. The Morgan fingerprint density at radius 1 is 1.19 bits per heavy atom. The van der Waals surface area contributed by atoms with E-state index in [2.05, 4.69) is 47.2 Å². The average Bonchev–Trinajstić information content (AvgIpc) is 2.30. The van der Waals surface area contributed by atoms with Crippen molar-refractivity contribution in [3.8, 4) is 0 Å². The molecule has 0 bridgehead atoms. The molecular formula is C14H12N2. The zero-order valence-electron chi connectivity index (χ0n) is 8.90. The minimum Gasteiger partial charge on any atom is -0.343 e. The molecule has 0 spiro atoms. The molecule has 0 unspecified atom stereocenters. The first-order valence-corrected chi connectivity index (χ1v) is 5.36. The SMILES string of the molecule is C=CCC1=Nc2cccc3cccc(c23)N1. The number of aliphatic imine (C=N–C) groups is 1. The standard InChI is InChI=1S/C14H12N2/c1-2-5-13-15-11-8-3-6-10-7-4-9-12(16-13)14(10)11/h2-4,6-9H,1,5H2,(H,15,16). The molecule has 2 aromatic rings. The number of nitrogens with one attached hydrogen (secondary N) is 1.